The average Bonchev–Trinajstić information content (AvgIpc) is 3.14. The average molecular weight is 426 g/mol. The molecule has 0 aliphatic carbocycles. The number of carbonyl (C=O) groups excluding carboxylic acids is 1. The van der Waals surface area contributed by atoms with Crippen LogP contribution in [0.4, 0.5) is 0 Å². The van der Waals surface area contributed by atoms with Gasteiger partial charge in [0.2, 0.25) is 5.91 Å². The third-order valence-electron chi connectivity index (χ3n) is 5.76. The lowest BCUT2D eigenvalue weighted by Crippen LogP contribution is -2.26. The summed E-state index contributed by atoms with van der Waals surface area (Å²) in [5.74, 6) is 1.23. The van der Waals surface area contributed by atoms with Crippen molar-refractivity contribution >= 4 is 16.9 Å². The smallest absolute Gasteiger partial charge is 0.224 e. The molecular weight excluding hydrogens is 394 g/mol. The predicted octanol–water partition coefficient (Wildman–Crippen LogP) is 5.46. The molecule has 0 saturated carbocycles. The number of nitrogens with one attached hydrogen (secondary N) is 1. The highest BCUT2D eigenvalue weighted by Gasteiger charge is 2.11. The Morgan fingerprint density at radius 1 is 0.875 bits per heavy atom. The number of aryl methyl sites for hydroxylation is 2. The number of para-hydroxylation sites is 2. The molecule has 0 unspecified atom stereocenters. The van der Waals surface area contributed by atoms with E-state index in [9.17, 15) is 4.79 Å². The van der Waals surface area contributed by atoms with Gasteiger partial charge in [-0.25, -0.2) is 4.98 Å². The Balaban J connectivity index is 1.29. The lowest BCUT2D eigenvalue weighted by Gasteiger charge is -2.10. The van der Waals surface area contributed by atoms with E-state index in [1.165, 1.54) is 16.6 Å². The third kappa shape index (κ3) is 5.85. The first-order valence-electron chi connectivity index (χ1n) is 11.5. The summed E-state index contributed by atoms with van der Waals surface area (Å²) in [7, 11) is 0. The molecule has 1 heterocycles. The summed E-state index contributed by atoms with van der Waals surface area (Å²) in [5.41, 5.74) is 5.89. The Morgan fingerprint density at radius 3 is 2.50 bits per heavy atom. The van der Waals surface area contributed by atoms with Crippen LogP contribution < -0.4 is 5.32 Å². The fraction of sp³-hybridized carbons (Fsp3) is 0.286. The van der Waals surface area contributed by atoms with Crippen LogP contribution in [0.1, 0.15) is 41.8 Å². The number of carbonyl (C=O) groups is 1. The van der Waals surface area contributed by atoms with Gasteiger partial charge >= 0.3 is 0 Å². The van der Waals surface area contributed by atoms with E-state index < -0.39 is 0 Å². The van der Waals surface area contributed by atoms with E-state index in [4.69, 9.17) is 4.98 Å². The minimum absolute atomic E-state index is 0.0937. The van der Waals surface area contributed by atoms with E-state index >= 15 is 0 Å². The maximum absolute atomic E-state index is 12.1. The van der Waals surface area contributed by atoms with Gasteiger partial charge in [-0.15, -0.1) is 0 Å². The van der Waals surface area contributed by atoms with Crippen molar-refractivity contribution in [1.82, 2.24) is 14.9 Å². The molecule has 4 nitrogen and oxygen atoms in total. The molecule has 4 heteroatoms. The van der Waals surface area contributed by atoms with E-state index in [1.807, 2.05) is 36.4 Å². The van der Waals surface area contributed by atoms with Crippen molar-refractivity contribution < 1.29 is 4.79 Å². The molecule has 4 aromatic rings. The number of hydrogen-bond acceptors (Lipinski definition) is 2. The van der Waals surface area contributed by atoms with Gasteiger partial charge in [0.15, 0.2) is 0 Å². The van der Waals surface area contributed by atoms with Crippen LogP contribution in [0.2, 0.25) is 0 Å². The molecule has 0 aliphatic heterocycles. The molecule has 0 aliphatic rings. The van der Waals surface area contributed by atoms with Crippen LogP contribution in [0.15, 0.2) is 78.9 Å². The molecular formula is C28H31N3O. The van der Waals surface area contributed by atoms with E-state index in [0.717, 1.165) is 55.7 Å². The first-order valence-corrected chi connectivity index (χ1v) is 11.5. The summed E-state index contributed by atoms with van der Waals surface area (Å²) in [4.78, 5) is 17.0. The second-order valence-corrected chi connectivity index (χ2v) is 8.41. The normalized spacial score (nSPS) is 11.0. The minimum Gasteiger partial charge on any atom is -0.356 e. The highest BCUT2D eigenvalue weighted by atomic mass is 16.1. The summed E-state index contributed by atoms with van der Waals surface area (Å²) in [5, 5.41) is 3.04. The number of fused-ring (bicyclic) bond motifs is 1. The Hall–Kier alpha value is -3.40. The van der Waals surface area contributed by atoms with E-state index in [2.05, 4.69) is 59.3 Å². The van der Waals surface area contributed by atoms with Gasteiger partial charge in [-0.05, 0) is 43.0 Å². The summed E-state index contributed by atoms with van der Waals surface area (Å²) >= 11 is 0. The summed E-state index contributed by atoms with van der Waals surface area (Å²) in [6.07, 6.45) is 4.51. The molecule has 0 atom stereocenters. The van der Waals surface area contributed by atoms with Crippen molar-refractivity contribution in [3.8, 4) is 0 Å². The van der Waals surface area contributed by atoms with Crippen molar-refractivity contribution in [1.29, 1.82) is 0 Å². The number of imidazole rings is 1. The van der Waals surface area contributed by atoms with Crippen molar-refractivity contribution in [2.75, 3.05) is 6.54 Å². The van der Waals surface area contributed by atoms with Crippen LogP contribution in [0, 0.1) is 6.92 Å². The number of rotatable bonds is 10. The molecule has 32 heavy (non-hydrogen) atoms. The quantitative estimate of drug-likeness (QED) is 0.343. The minimum atomic E-state index is 0.0937. The second kappa shape index (κ2) is 10.8. The van der Waals surface area contributed by atoms with Crippen LogP contribution in [-0.2, 0) is 24.2 Å². The Bertz CT molecular complexity index is 1160. The molecule has 164 valence electrons. The number of aromatic nitrogens is 2. The first kappa shape index (κ1) is 21.8. The molecule has 0 radical (unpaired) electrons. The lowest BCUT2D eigenvalue weighted by atomic mass is 10.1. The second-order valence-electron chi connectivity index (χ2n) is 8.41. The molecule has 1 aromatic heterocycles. The van der Waals surface area contributed by atoms with Crippen LogP contribution >= 0.6 is 0 Å². The molecule has 3 aromatic carbocycles. The number of hydrogen-bond donors (Lipinski definition) is 1. The van der Waals surface area contributed by atoms with Crippen molar-refractivity contribution in [3.05, 3.63) is 101 Å². The zero-order valence-electron chi connectivity index (χ0n) is 18.8. The van der Waals surface area contributed by atoms with Gasteiger partial charge < -0.3 is 9.88 Å². The standard InChI is InChI=1S/C28H31N3O/c1-22-11-10-14-24(19-22)21-31-26-16-8-7-15-25(26)30-27(31)17-6-3-9-18-29-28(32)20-23-12-4-2-5-13-23/h2,4-5,7-8,10-16,19H,3,6,9,17-18,20-21H2,1H3,(H,29,32). The molecule has 0 fully saturated rings. The Labute approximate surface area is 190 Å². The monoisotopic (exact) mass is 425 g/mol. The van der Waals surface area contributed by atoms with E-state index in [-0.39, 0.29) is 5.91 Å². The Kier molecular flexibility index (Phi) is 7.34. The maximum Gasteiger partial charge on any atom is 0.224 e. The van der Waals surface area contributed by atoms with Crippen LogP contribution in [-0.4, -0.2) is 22.0 Å². The summed E-state index contributed by atoms with van der Waals surface area (Å²) < 4.78 is 2.35. The zero-order chi connectivity index (χ0) is 22.2. The first-order chi connectivity index (χ1) is 15.7. The van der Waals surface area contributed by atoms with Gasteiger partial charge in [0.25, 0.3) is 0 Å². The molecule has 1 amide bonds. The molecule has 0 saturated heterocycles. The van der Waals surface area contributed by atoms with Gasteiger partial charge in [-0.1, -0.05) is 78.7 Å². The number of amides is 1. The predicted molar refractivity (Wildman–Crippen MR) is 131 cm³/mol. The fourth-order valence-electron chi connectivity index (χ4n) is 4.14. The van der Waals surface area contributed by atoms with Crippen LogP contribution in [0.25, 0.3) is 11.0 Å². The van der Waals surface area contributed by atoms with Crippen molar-refractivity contribution in [2.24, 2.45) is 0 Å². The van der Waals surface area contributed by atoms with Gasteiger partial charge in [-0.2, -0.15) is 0 Å². The van der Waals surface area contributed by atoms with Crippen molar-refractivity contribution in [2.45, 2.75) is 45.6 Å². The van der Waals surface area contributed by atoms with Gasteiger partial charge in [-0.3, -0.25) is 4.79 Å². The number of nitrogens with zero attached hydrogens (tertiary/aromatic N) is 2. The number of benzene rings is 3. The van der Waals surface area contributed by atoms with E-state index in [0.29, 0.717) is 6.42 Å². The molecule has 1 N–H and O–H groups in total. The zero-order valence-corrected chi connectivity index (χ0v) is 18.8. The van der Waals surface area contributed by atoms with Crippen LogP contribution in [0.5, 0.6) is 0 Å². The van der Waals surface area contributed by atoms with Crippen molar-refractivity contribution in [3.63, 3.8) is 0 Å². The van der Waals surface area contributed by atoms with Gasteiger partial charge in [0.05, 0.1) is 17.5 Å². The molecule has 0 bridgehead atoms. The largest absolute Gasteiger partial charge is 0.356 e. The topological polar surface area (TPSA) is 46.9 Å². The van der Waals surface area contributed by atoms with Gasteiger partial charge in [0, 0.05) is 19.5 Å². The molecule has 0 spiro atoms. The fourth-order valence-corrected chi connectivity index (χ4v) is 4.14. The number of unbranched alkanes of at least 4 members (excludes halogenated alkanes) is 2. The van der Waals surface area contributed by atoms with Gasteiger partial charge in [0.1, 0.15) is 5.82 Å². The highest BCUT2D eigenvalue weighted by molar-refractivity contribution is 5.78. The summed E-state index contributed by atoms with van der Waals surface area (Å²) in [6.45, 7) is 3.70. The third-order valence-corrected chi connectivity index (χ3v) is 5.76. The Morgan fingerprint density at radius 2 is 1.66 bits per heavy atom. The lowest BCUT2D eigenvalue weighted by molar-refractivity contribution is -0.120. The SMILES string of the molecule is Cc1cccc(Cn2c(CCCCCNC(=O)Cc3ccccc3)nc3ccccc32)c1. The summed E-state index contributed by atoms with van der Waals surface area (Å²) in [6, 6.07) is 26.9. The van der Waals surface area contributed by atoms with Crippen LogP contribution in [0.3, 0.4) is 0 Å². The molecule has 4 rings (SSSR count). The maximum atomic E-state index is 12.1. The highest BCUT2D eigenvalue weighted by Crippen LogP contribution is 2.20. The van der Waals surface area contributed by atoms with E-state index in [1.54, 1.807) is 0 Å².